The third-order valence-electron chi connectivity index (χ3n) is 4.87. The highest BCUT2D eigenvalue weighted by Gasteiger charge is 2.36. The molecule has 27 heavy (non-hydrogen) atoms. The van der Waals surface area contributed by atoms with Crippen molar-refractivity contribution in [3.05, 3.63) is 48.0 Å². The largest absolute Gasteiger partial charge is 0.454 e. The van der Waals surface area contributed by atoms with E-state index in [0.29, 0.717) is 29.7 Å². The summed E-state index contributed by atoms with van der Waals surface area (Å²) >= 11 is 0. The maximum absolute atomic E-state index is 12.5. The van der Waals surface area contributed by atoms with Crippen LogP contribution in [-0.2, 0) is 9.59 Å². The number of esters is 1. The van der Waals surface area contributed by atoms with E-state index in [0.717, 1.165) is 11.3 Å². The third kappa shape index (κ3) is 3.47. The number of carbonyl (C=O) groups excluding carboxylic acids is 2. The van der Waals surface area contributed by atoms with Crippen LogP contribution in [0.3, 0.4) is 0 Å². The van der Waals surface area contributed by atoms with E-state index in [-0.39, 0.29) is 19.1 Å². The van der Waals surface area contributed by atoms with Crippen LogP contribution in [0.5, 0.6) is 17.2 Å². The van der Waals surface area contributed by atoms with Crippen LogP contribution in [0.1, 0.15) is 31.7 Å². The maximum Gasteiger partial charge on any atom is 0.316 e. The molecular formula is C21H21NO5. The molecule has 0 radical (unpaired) electrons. The van der Waals surface area contributed by atoms with Crippen LogP contribution in [0.2, 0.25) is 0 Å². The highest BCUT2D eigenvalue weighted by Crippen LogP contribution is 2.36. The quantitative estimate of drug-likeness (QED) is 0.611. The van der Waals surface area contributed by atoms with Crippen molar-refractivity contribution in [2.45, 2.75) is 26.2 Å². The number of amides is 1. The van der Waals surface area contributed by atoms with E-state index in [9.17, 15) is 9.59 Å². The van der Waals surface area contributed by atoms with Crippen LogP contribution in [0, 0.1) is 5.92 Å². The first-order chi connectivity index (χ1) is 13.0. The highest BCUT2D eigenvalue weighted by molar-refractivity contribution is 5.99. The Morgan fingerprint density at radius 2 is 1.96 bits per heavy atom. The fraction of sp³-hybridized carbons (Fsp3) is 0.333. The number of hydrogen-bond acceptors (Lipinski definition) is 5. The second-order valence-corrected chi connectivity index (χ2v) is 7.09. The van der Waals surface area contributed by atoms with E-state index in [1.807, 2.05) is 24.3 Å². The van der Waals surface area contributed by atoms with Crippen LogP contribution < -0.4 is 19.1 Å². The van der Waals surface area contributed by atoms with Crippen molar-refractivity contribution in [1.82, 2.24) is 0 Å². The van der Waals surface area contributed by atoms with E-state index in [4.69, 9.17) is 14.2 Å². The Labute approximate surface area is 157 Å². The van der Waals surface area contributed by atoms with Gasteiger partial charge in [-0.1, -0.05) is 26.0 Å². The Balaban J connectivity index is 1.45. The lowest BCUT2D eigenvalue weighted by Gasteiger charge is -2.18. The Kier molecular flexibility index (Phi) is 4.48. The first kappa shape index (κ1) is 17.4. The number of nitrogens with zero attached hydrogens (tertiary/aromatic N) is 1. The first-order valence-electron chi connectivity index (χ1n) is 9.03. The van der Waals surface area contributed by atoms with Crippen LogP contribution in [0.15, 0.2) is 42.5 Å². The van der Waals surface area contributed by atoms with Gasteiger partial charge < -0.3 is 19.1 Å². The average molecular weight is 367 g/mol. The van der Waals surface area contributed by atoms with Gasteiger partial charge in [0.1, 0.15) is 5.75 Å². The van der Waals surface area contributed by atoms with E-state index in [2.05, 4.69) is 13.8 Å². The molecule has 6 nitrogen and oxygen atoms in total. The zero-order chi connectivity index (χ0) is 19.0. The molecule has 2 aromatic carbocycles. The number of fused-ring (bicyclic) bond motifs is 1. The minimum atomic E-state index is -0.495. The highest BCUT2D eigenvalue weighted by atomic mass is 16.7. The molecule has 2 aliphatic rings. The standard InChI is InChI=1S/C21H21NO5/c1-13(2)14-4-3-5-16(8-14)22-11-15(9-20(22)23)21(24)27-17-6-7-18-19(10-17)26-12-25-18/h3-8,10,13,15H,9,11-12H2,1-2H3. The van der Waals surface area contributed by atoms with Crippen LogP contribution in [0.4, 0.5) is 5.69 Å². The van der Waals surface area contributed by atoms with Crippen LogP contribution in [0.25, 0.3) is 0 Å². The SMILES string of the molecule is CC(C)c1cccc(N2CC(C(=O)Oc3ccc4c(c3)OCO4)CC2=O)c1. The number of carbonyl (C=O) groups is 2. The maximum atomic E-state index is 12.5. The second-order valence-electron chi connectivity index (χ2n) is 7.09. The van der Waals surface area contributed by atoms with Crippen LogP contribution >= 0.6 is 0 Å². The molecule has 4 rings (SSSR count). The Bertz CT molecular complexity index is 892. The Morgan fingerprint density at radius 3 is 2.78 bits per heavy atom. The lowest BCUT2D eigenvalue weighted by molar-refractivity contribution is -0.139. The normalized spacial score (nSPS) is 18.3. The smallest absolute Gasteiger partial charge is 0.316 e. The van der Waals surface area contributed by atoms with Gasteiger partial charge in [0.05, 0.1) is 5.92 Å². The Morgan fingerprint density at radius 1 is 1.15 bits per heavy atom. The minimum Gasteiger partial charge on any atom is -0.454 e. The number of benzene rings is 2. The topological polar surface area (TPSA) is 65.1 Å². The third-order valence-corrected chi connectivity index (χ3v) is 4.87. The van der Waals surface area contributed by atoms with Gasteiger partial charge in [-0.3, -0.25) is 9.59 Å². The lowest BCUT2D eigenvalue weighted by Crippen LogP contribution is -2.27. The van der Waals surface area contributed by atoms with Crippen molar-refractivity contribution in [3.8, 4) is 17.2 Å². The second kappa shape index (κ2) is 6.95. The molecule has 0 bridgehead atoms. The molecule has 0 aromatic heterocycles. The van der Waals surface area contributed by atoms with Gasteiger partial charge in [-0.05, 0) is 35.7 Å². The van der Waals surface area contributed by atoms with Gasteiger partial charge in [0.2, 0.25) is 12.7 Å². The molecule has 1 saturated heterocycles. The molecule has 1 atom stereocenters. The molecule has 0 saturated carbocycles. The average Bonchev–Trinajstić information content (AvgIpc) is 3.27. The van der Waals surface area contributed by atoms with Crippen molar-refractivity contribution < 1.29 is 23.8 Å². The summed E-state index contributed by atoms with van der Waals surface area (Å²) in [7, 11) is 0. The van der Waals surface area contributed by atoms with Crippen molar-refractivity contribution >= 4 is 17.6 Å². The zero-order valence-electron chi connectivity index (χ0n) is 15.3. The van der Waals surface area contributed by atoms with Gasteiger partial charge in [-0.15, -0.1) is 0 Å². The monoisotopic (exact) mass is 367 g/mol. The van der Waals surface area contributed by atoms with Gasteiger partial charge in [0.15, 0.2) is 11.5 Å². The molecule has 140 valence electrons. The fourth-order valence-corrected chi connectivity index (χ4v) is 3.31. The first-order valence-corrected chi connectivity index (χ1v) is 9.03. The van der Waals surface area contributed by atoms with Crippen molar-refractivity contribution in [1.29, 1.82) is 0 Å². The molecule has 1 fully saturated rings. The van der Waals surface area contributed by atoms with Crippen molar-refractivity contribution in [2.24, 2.45) is 5.92 Å². The predicted octanol–water partition coefficient (Wildman–Crippen LogP) is 3.50. The molecular weight excluding hydrogens is 346 g/mol. The summed E-state index contributed by atoms with van der Waals surface area (Å²) in [5.74, 6) is 0.960. The molecule has 1 amide bonds. The molecule has 6 heteroatoms. The van der Waals surface area contributed by atoms with Gasteiger partial charge >= 0.3 is 5.97 Å². The van der Waals surface area contributed by atoms with Gasteiger partial charge in [0.25, 0.3) is 0 Å². The van der Waals surface area contributed by atoms with Gasteiger partial charge in [-0.2, -0.15) is 0 Å². The molecule has 2 aromatic rings. The van der Waals surface area contributed by atoms with Crippen molar-refractivity contribution in [2.75, 3.05) is 18.2 Å². The lowest BCUT2D eigenvalue weighted by atomic mass is 10.0. The number of rotatable bonds is 4. The summed E-state index contributed by atoms with van der Waals surface area (Å²) in [5, 5.41) is 0. The number of anilines is 1. The van der Waals surface area contributed by atoms with E-state index in [1.165, 1.54) is 0 Å². The molecule has 0 aliphatic carbocycles. The van der Waals surface area contributed by atoms with Crippen LogP contribution in [-0.4, -0.2) is 25.2 Å². The summed E-state index contributed by atoms with van der Waals surface area (Å²) in [6, 6.07) is 12.9. The number of hydrogen-bond donors (Lipinski definition) is 0. The van der Waals surface area contributed by atoms with Gasteiger partial charge in [-0.25, -0.2) is 0 Å². The number of ether oxygens (including phenoxy) is 3. The molecule has 0 spiro atoms. The summed E-state index contributed by atoms with van der Waals surface area (Å²) in [6.45, 7) is 4.70. The zero-order valence-corrected chi connectivity index (χ0v) is 15.3. The van der Waals surface area contributed by atoms with E-state index < -0.39 is 11.9 Å². The summed E-state index contributed by atoms with van der Waals surface area (Å²) in [5.41, 5.74) is 1.98. The molecule has 0 N–H and O–H groups in total. The molecule has 2 aliphatic heterocycles. The van der Waals surface area contributed by atoms with Gasteiger partial charge in [0, 0.05) is 24.7 Å². The van der Waals surface area contributed by atoms with Crippen molar-refractivity contribution in [3.63, 3.8) is 0 Å². The fourth-order valence-electron chi connectivity index (χ4n) is 3.31. The summed E-state index contributed by atoms with van der Waals surface area (Å²) in [6.07, 6.45) is 0.148. The summed E-state index contributed by atoms with van der Waals surface area (Å²) < 4.78 is 16.0. The minimum absolute atomic E-state index is 0.0662. The molecule has 2 heterocycles. The van der Waals surface area contributed by atoms with E-state index in [1.54, 1.807) is 23.1 Å². The Hall–Kier alpha value is -3.02. The predicted molar refractivity (Wildman–Crippen MR) is 99.2 cm³/mol. The molecule has 1 unspecified atom stereocenters. The van der Waals surface area contributed by atoms with E-state index >= 15 is 0 Å². The summed E-state index contributed by atoms with van der Waals surface area (Å²) in [4.78, 5) is 26.7.